The molecule has 0 amide bonds. The lowest BCUT2D eigenvalue weighted by atomic mass is 9.75. The zero-order valence-corrected chi connectivity index (χ0v) is 15.4. The fourth-order valence-electron chi connectivity index (χ4n) is 4.49. The van der Waals surface area contributed by atoms with Gasteiger partial charge in [0, 0.05) is 30.6 Å². The average Bonchev–Trinajstić information content (AvgIpc) is 2.64. The summed E-state index contributed by atoms with van der Waals surface area (Å²) in [6, 6.07) is 13.9. The van der Waals surface area contributed by atoms with Crippen molar-refractivity contribution >= 4 is 0 Å². The smallest absolute Gasteiger partial charge is 0.127 e. The highest BCUT2D eigenvalue weighted by Gasteiger charge is 2.42. The van der Waals surface area contributed by atoms with Gasteiger partial charge < -0.3 is 25.2 Å². The molecule has 5 heteroatoms. The molecule has 2 fully saturated rings. The maximum absolute atomic E-state index is 10.0. The molecule has 5 rings (SSSR count). The van der Waals surface area contributed by atoms with Crippen LogP contribution in [0.15, 0.2) is 42.5 Å². The van der Waals surface area contributed by atoms with E-state index in [1.54, 1.807) is 6.07 Å². The lowest BCUT2D eigenvalue weighted by Gasteiger charge is -2.45. The van der Waals surface area contributed by atoms with E-state index in [-0.39, 0.29) is 17.6 Å². The van der Waals surface area contributed by atoms with Gasteiger partial charge in [-0.1, -0.05) is 18.2 Å². The highest BCUT2D eigenvalue weighted by Crippen LogP contribution is 2.48. The van der Waals surface area contributed by atoms with Crippen molar-refractivity contribution in [1.82, 2.24) is 10.6 Å². The van der Waals surface area contributed by atoms with Gasteiger partial charge in [-0.3, -0.25) is 0 Å². The molecule has 27 heavy (non-hydrogen) atoms. The first-order valence-electron chi connectivity index (χ1n) is 9.91. The zero-order chi connectivity index (χ0) is 18.3. The number of phenolic OH excluding ortho intramolecular Hbond substituents is 1. The summed E-state index contributed by atoms with van der Waals surface area (Å²) in [5.41, 5.74) is 2.18. The standard InChI is InChI=1S/C22H26N2O3/c25-16-3-1-2-15(10-16)20-12-22(6-8-23-9-7-22)27-21-11-17(4-5-19(20)21)26-18-13-24-14-18/h1-5,10-11,18,20,23-25H,6-9,12-14H2. The summed E-state index contributed by atoms with van der Waals surface area (Å²) in [5, 5.41) is 16.7. The van der Waals surface area contributed by atoms with E-state index in [1.807, 2.05) is 12.1 Å². The minimum atomic E-state index is -0.148. The Balaban J connectivity index is 1.53. The minimum Gasteiger partial charge on any atom is -0.508 e. The number of piperidine rings is 1. The van der Waals surface area contributed by atoms with Crippen LogP contribution in [0.4, 0.5) is 0 Å². The van der Waals surface area contributed by atoms with Crippen LogP contribution < -0.4 is 20.1 Å². The van der Waals surface area contributed by atoms with Gasteiger partial charge in [0.25, 0.3) is 0 Å². The number of benzene rings is 2. The van der Waals surface area contributed by atoms with Gasteiger partial charge in [-0.25, -0.2) is 0 Å². The van der Waals surface area contributed by atoms with Gasteiger partial charge in [0.2, 0.25) is 0 Å². The molecule has 0 aliphatic carbocycles. The van der Waals surface area contributed by atoms with Gasteiger partial charge in [-0.05, 0) is 56.1 Å². The summed E-state index contributed by atoms with van der Waals surface area (Å²) in [4.78, 5) is 0. The highest BCUT2D eigenvalue weighted by molar-refractivity contribution is 5.49. The number of ether oxygens (including phenoxy) is 2. The second-order valence-corrected chi connectivity index (χ2v) is 7.98. The fraction of sp³-hybridized carbons (Fsp3) is 0.455. The molecule has 2 saturated heterocycles. The molecule has 2 aromatic rings. The van der Waals surface area contributed by atoms with Crippen LogP contribution >= 0.6 is 0 Å². The van der Waals surface area contributed by atoms with Crippen molar-refractivity contribution in [1.29, 1.82) is 0 Å². The van der Waals surface area contributed by atoms with Crippen molar-refractivity contribution in [3.8, 4) is 17.2 Å². The van der Waals surface area contributed by atoms with E-state index in [2.05, 4.69) is 34.9 Å². The molecule has 5 nitrogen and oxygen atoms in total. The quantitative estimate of drug-likeness (QED) is 0.780. The molecular weight excluding hydrogens is 340 g/mol. The molecule has 0 saturated carbocycles. The first kappa shape index (κ1) is 16.9. The largest absolute Gasteiger partial charge is 0.508 e. The maximum atomic E-state index is 10.0. The molecule has 1 spiro atoms. The van der Waals surface area contributed by atoms with Crippen molar-refractivity contribution in [3.05, 3.63) is 53.6 Å². The molecule has 2 aromatic carbocycles. The van der Waals surface area contributed by atoms with Crippen LogP contribution in [0, 0.1) is 0 Å². The Hall–Kier alpha value is -2.24. The van der Waals surface area contributed by atoms with Crippen molar-refractivity contribution in [2.75, 3.05) is 26.2 Å². The average molecular weight is 366 g/mol. The Labute approximate surface area is 159 Å². The minimum absolute atomic E-state index is 0.148. The molecule has 3 aliphatic rings. The predicted octanol–water partition coefficient (Wildman–Crippen LogP) is 2.78. The van der Waals surface area contributed by atoms with E-state index in [0.717, 1.165) is 62.5 Å². The lowest BCUT2D eigenvalue weighted by molar-refractivity contribution is 0.0109. The fourth-order valence-corrected chi connectivity index (χ4v) is 4.49. The van der Waals surface area contributed by atoms with Gasteiger partial charge in [-0.2, -0.15) is 0 Å². The summed E-state index contributed by atoms with van der Waals surface area (Å²) in [6.07, 6.45) is 3.19. The molecule has 3 N–H and O–H groups in total. The van der Waals surface area contributed by atoms with Crippen molar-refractivity contribution < 1.29 is 14.6 Å². The van der Waals surface area contributed by atoms with Crippen molar-refractivity contribution in [2.24, 2.45) is 0 Å². The summed E-state index contributed by atoms with van der Waals surface area (Å²) in [6.45, 7) is 3.76. The molecule has 142 valence electrons. The number of fused-ring (bicyclic) bond motifs is 1. The predicted molar refractivity (Wildman–Crippen MR) is 104 cm³/mol. The molecule has 0 aromatic heterocycles. The summed E-state index contributed by atoms with van der Waals surface area (Å²) >= 11 is 0. The Morgan fingerprint density at radius 2 is 1.89 bits per heavy atom. The Bertz CT molecular complexity index is 828. The van der Waals surface area contributed by atoms with Crippen molar-refractivity contribution in [3.63, 3.8) is 0 Å². The Morgan fingerprint density at radius 3 is 2.63 bits per heavy atom. The number of hydrogen-bond acceptors (Lipinski definition) is 5. The van der Waals surface area contributed by atoms with E-state index in [1.165, 1.54) is 5.56 Å². The normalized spacial score (nSPS) is 23.9. The zero-order valence-electron chi connectivity index (χ0n) is 15.4. The topological polar surface area (TPSA) is 62.8 Å². The third-order valence-corrected chi connectivity index (χ3v) is 6.10. The number of aromatic hydroxyl groups is 1. The van der Waals surface area contributed by atoms with Crippen LogP contribution in [0.2, 0.25) is 0 Å². The number of nitrogens with one attached hydrogen (secondary N) is 2. The van der Waals surface area contributed by atoms with Gasteiger partial charge >= 0.3 is 0 Å². The maximum Gasteiger partial charge on any atom is 0.127 e. The van der Waals surface area contributed by atoms with Gasteiger partial charge in [-0.15, -0.1) is 0 Å². The van der Waals surface area contributed by atoms with Crippen LogP contribution in [0.5, 0.6) is 17.2 Å². The number of rotatable bonds is 3. The SMILES string of the molecule is Oc1cccc(C2CC3(CCNCC3)Oc3cc(OC4CNC4)ccc32)c1. The van der Waals surface area contributed by atoms with E-state index < -0.39 is 0 Å². The number of hydrogen-bond donors (Lipinski definition) is 3. The second-order valence-electron chi connectivity index (χ2n) is 7.98. The Morgan fingerprint density at radius 1 is 1.04 bits per heavy atom. The third-order valence-electron chi connectivity index (χ3n) is 6.10. The first-order chi connectivity index (χ1) is 13.2. The van der Waals surface area contributed by atoms with Gasteiger partial charge in [0.1, 0.15) is 29.0 Å². The molecule has 3 aliphatic heterocycles. The first-order valence-corrected chi connectivity index (χ1v) is 9.91. The summed E-state index contributed by atoms with van der Waals surface area (Å²) in [7, 11) is 0. The number of phenols is 1. The Kier molecular flexibility index (Phi) is 4.21. The van der Waals surface area contributed by atoms with E-state index in [9.17, 15) is 5.11 Å². The molecule has 3 heterocycles. The van der Waals surface area contributed by atoms with E-state index >= 15 is 0 Å². The third kappa shape index (κ3) is 3.26. The molecular formula is C22H26N2O3. The van der Waals surface area contributed by atoms with E-state index in [4.69, 9.17) is 9.47 Å². The molecule has 0 bridgehead atoms. The van der Waals surface area contributed by atoms with Crippen LogP contribution in [-0.4, -0.2) is 43.0 Å². The van der Waals surface area contributed by atoms with E-state index in [0.29, 0.717) is 5.75 Å². The van der Waals surface area contributed by atoms with Gasteiger partial charge in [0.05, 0.1) is 0 Å². The molecule has 0 radical (unpaired) electrons. The highest BCUT2D eigenvalue weighted by atomic mass is 16.5. The molecule has 1 unspecified atom stereocenters. The van der Waals surface area contributed by atoms with Crippen molar-refractivity contribution in [2.45, 2.75) is 36.9 Å². The van der Waals surface area contributed by atoms with Crippen LogP contribution in [-0.2, 0) is 0 Å². The molecule has 1 atom stereocenters. The second kappa shape index (κ2) is 6.73. The van der Waals surface area contributed by atoms with Crippen LogP contribution in [0.3, 0.4) is 0 Å². The summed E-state index contributed by atoms with van der Waals surface area (Å²) < 4.78 is 12.7. The summed E-state index contributed by atoms with van der Waals surface area (Å²) in [5.74, 6) is 2.35. The van der Waals surface area contributed by atoms with Crippen LogP contribution in [0.1, 0.15) is 36.3 Å². The monoisotopic (exact) mass is 366 g/mol. The van der Waals surface area contributed by atoms with Gasteiger partial charge in [0.15, 0.2) is 0 Å². The van der Waals surface area contributed by atoms with Crippen LogP contribution in [0.25, 0.3) is 0 Å². The lowest BCUT2D eigenvalue weighted by Crippen LogP contribution is -2.50.